The molecule has 0 spiro atoms. The van der Waals surface area contributed by atoms with Crippen molar-refractivity contribution in [3.63, 3.8) is 0 Å². The number of hydrogen-bond donors (Lipinski definition) is 1. The van der Waals surface area contributed by atoms with Crippen LogP contribution in [-0.2, 0) is 16.1 Å². The molecule has 1 saturated carbocycles. The van der Waals surface area contributed by atoms with E-state index >= 15 is 0 Å². The summed E-state index contributed by atoms with van der Waals surface area (Å²) in [4.78, 5) is 29.3. The van der Waals surface area contributed by atoms with Gasteiger partial charge in [-0.3, -0.25) is 9.59 Å². The van der Waals surface area contributed by atoms with E-state index in [0.29, 0.717) is 18.7 Å². The third-order valence-electron chi connectivity index (χ3n) is 5.94. The van der Waals surface area contributed by atoms with Crippen LogP contribution in [-0.4, -0.2) is 34.6 Å². The van der Waals surface area contributed by atoms with Crippen LogP contribution >= 0.6 is 11.8 Å². The Morgan fingerprint density at radius 1 is 1.00 bits per heavy atom. The summed E-state index contributed by atoms with van der Waals surface area (Å²) in [6.07, 6.45) is 5.02. The molecule has 2 amide bonds. The molecule has 1 N–H and O–H groups in total. The van der Waals surface area contributed by atoms with Gasteiger partial charge in [-0.1, -0.05) is 67.3 Å². The quantitative estimate of drug-likeness (QED) is 0.543. The molecule has 31 heavy (non-hydrogen) atoms. The zero-order chi connectivity index (χ0) is 22.2. The average Bonchev–Trinajstić information content (AvgIpc) is 3.27. The Bertz CT molecular complexity index is 858. The highest BCUT2D eigenvalue weighted by Gasteiger charge is 2.30. The highest BCUT2D eigenvalue weighted by molar-refractivity contribution is 8.00. The normalized spacial score (nSPS) is 14.9. The summed E-state index contributed by atoms with van der Waals surface area (Å²) in [5.74, 6) is 0.303. The van der Waals surface area contributed by atoms with E-state index < -0.39 is 6.04 Å². The molecule has 0 radical (unpaired) electrons. The van der Waals surface area contributed by atoms with Crippen LogP contribution in [0.2, 0.25) is 0 Å². The molecule has 0 bridgehead atoms. The molecule has 2 aromatic rings. The molecule has 166 valence electrons. The first-order valence-corrected chi connectivity index (χ1v) is 12.3. The van der Waals surface area contributed by atoms with Crippen molar-refractivity contribution in [2.75, 3.05) is 5.75 Å². The van der Waals surface area contributed by atoms with E-state index in [2.05, 4.69) is 43.4 Å². The maximum atomic E-state index is 13.3. The molecule has 1 aliphatic carbocycles. The van der Waals surface area contributed by atoms with Crippen LogP contribution in [0.1, 0.15) is 55.7 Å². The van der Waals surface area contributed by atoms with Gasteiger partial charge in [0.1, 0.15) is 6.04 Å². The van der Waals surface area contributed by atoms with E-state index in [0.717, 1.165) is 23.3 Å². The lowest BCUT2D eigenvalue weighted by Gasteiger charge is -2.31. The molecule has 0 aromatic heterocycles. The van der Waals surface area contributed by atoms with Gasteiger partial charge in [-0.2, -0.15) is 0 Å². The molecule has 3 rings (SSSR count). The van der Waals surface area contributed by atoms with Crippen molar-refractivity contribution in [3.8, 4) is 0 Å². The maximum absolute atomic E-state index is 13.3. The lowest BCUT2D eigenvalue weighted by atomic mass is 10.1. The molecule has 0 saturated heterocycles. The van der Waals surface area contributed by atoms with Gasteiger partial charge in [-0.05, 0) is 50.8 Å². The number of nitrogens with zero attached hydrogens (tertiary/aromatic N) is 1. The summed E-state index contributed by atoms with van der Waals surface area (Å²) in [6, 6.07) is 16.2. The summed E-state index contributed by atoms with van der Waals surface area (Å²) < 4.78 is 0. The van der Waals surface area contributed by atoms with Crippen molar-refractivity contribution in [2.45, 2.75) is 76.4 Å². The van der Waals surface area contributed by atoms with Crippen molar-refractivity contribution in [3.05, 3.63) is 65.2 Å². The first-order valence-electron chi connectivity index (χ1n) is 11.3. The zero-order valence-electron chi connectivity index (χ0n) is 18.9. The number of aryl methyl sites for hydroxylation is 2. The number of carbonyl (C=O) groups is 2. The number of hydrogen-bond acceptors (Lipinski definition) is 3. The average molecular weight is 439 g/mol. The van der Waals surface area contributed by atoms with E-state index in [-0.39, 0.29) is 17.9 Å². The second kappa shape index (κ2) is 11.4. The van der Waals surface area contributed by atoms with Gasteiger partial charge in [0.2, 0.25) is 11.8 Å². The van der Waals surface area contributed by atoms with Gasteiger partial charge in [0.05, 0.1) is 5.75 Å². The molecule has 2 aromatic carbocycles. The Hall–Kier alpha value is -2.27. The van der Waals surface area contributed by atoms with Crippen LogP contribution in [0.15, 0.2) is 53.4 Å². The van der Waals surface area contributed by atoms with Crippen LogP contribution in [0, 0.1) is 13.8 Å². The standard InChI is InChI=1S/C26H34N2O2S/c1-4-24(26(30)27-22-7-5-6-8-22)28(17-21-13-9-19(2)10-14-21)25(29)18-31-23-15-11-20(3)12-16-23/h9-16,22,24H,4-8,17-18H2,1-3H3,(H,27,30)/t24-/m0/s1. The summed E-state index contributed by atoms with van der Waals surface area (Å²) in [7, 11) is 0. The first-order chi connectivity index (χ1) is 15.0. The van der Waals surface area contributed by atoms with E-state index in [1.54, 1.807) is 4.90 Å². The smallest absolute Gasteiger partial charge is 0.243 e. The van der Waals surface area contributed by atoms with Crippen molar-refractivity contribution in [2.24, 2.45) is 0 Å². The van der Waals surface area contributed by atoms with Crippen molar-refractivity contribution in [1.29, 1.82) is 0 Å². The fraction of sp³-hybridized carbons (Fsp3) is 0.462. The number of thioether (sulfide) groups is 1. The molecule has 0 unspecified atom stereocenters. The van der Waals surface area contributed by atoms with Crippen LogP contribution in [0.25, 0.3) is 0 Å². The summed E-state index contributed by atoms with van der Waals surface area (Å²) >= 11 is 1.53. The Morgan fingerprint density at radius 2 is 1.58 bits per heavy atom. The van der Waals surface area contributed by atoms with Crippen LogP contribution in [0.4, 0.5) is 0 Å². The molecule has 1 atom stereocenters. The number of rotatable bonds is 9. The van der Waals surface area contributed by atoms with Gasteiger partial charge < -0.3 is 10.2 Å². The van der Waals surface area contributed by atoms with Gasteiger partial charge >= 0.3 is 0 Å². The number of nitrogens with one attached hydrogen (secondary N) is 1. The SMILES string of the molecule is CC[C@@H](C(=O)NC1CCCC1)N(Cc1ccc(C)cc1)C(=O)CSc1ccc(C)cc1. The Labute approximate surface area is 190 Å². The van der Waals surface area contributed by atoms with E-state index in [4.69, 9.17) is 0 Å². The molecule has 4 nitrogen and oxygen atoms in total. The molecule has 0 heterocycles. The van der Waals surface area contributed by atoms with Crippen molar-refractivity contribution in [1.82, 2.24) is 10.2 Å². The van der Waals surface area contributed by atoms with Gasteiger partial charge in [-0.25, -0.2) is 0 Å². The summed E-state index contributed by atoms with van der Waals surface area (Å²) in [5, 5.41) is 3.20. The fourth-order valence-electron chi connectivity index (χ4n) is 4.04. The van der Waals surface area contributed by atoms with Gasteiger partial charge in [0.15, 0.2) is 0 Å². The van der Waals surface area contributed by atoms with Crippen molar-refractivity contribution < 1.29 is 9.59 Å². The monoisotopic (exact) mass is 438 g/mol. The topological polar surface area (TPSA) is 49.4 Å². The van der Waals surface area contributed by atoms with Crippen LogP contribution in [0.3, 0.4) is 0 Å². The number of carbonyl (C=O) groups excluding carboxylic acids is 2. The number of benzene rings is 2. The van der Waals surface area contributed by atoms with E-state index in [9.17, 15) is 9.59 Å². The van der Waals surface area contributed by atoms with Gasteiger partial charge in [0.25, 0.3) is 0 Å². The Balaban J connectivity index is 1.74. The van der Waals surface area contributed by atoms with E-state index in [1.807, 2.05) is 31.2 Å². The predicted molar refractivity (Wildman–Crippen MR) is 128 cm³/mol. The van der Waals surface area contributed by atoms with E-state index in [1.165, 1.54) is 35.7 Å². The Kier molecular flexibility index (Phi) is 8.59. The van der Waals surface area contributed by atoms with Gasteiger partial charge in [-0.15, -0.1) is 11.8 Å². The molecule has 0 aliphatic heterocycles. The third-order valence-corrected chi connectivity index (χ3v) is 6.94. The minimum atomic E-state index is -0.451. The molecule has 1 fully saturated rings. The fourth-order valence-corrected chi connectivity index (χ4v) is 4.82. The lowest BCUT2D eigenvalue weighted by Crippen LogP contribution is -2.51. The second-order valence-corrected chi connectivity index (χ2v) is 9.57. The lowest BCUT2D eigenvalue weighted by molar-refractivity contribution is -0.139. The molecule has 1 aliphatic rings. The third kappa shape index (κ3) is 6.86. The molecule has 5 heteroatoms. The van der Waals surface area contributed by atoms with Crippen molar-refractivity contribution >= 4 is 23.6 Å². The first kappa shape index (κ1) is 23.4. The summed E-state index contributed by atoms with van der Waals surface area (Å²) in [6.45, 7) is 6.54. The Morgan fingerprint density at radius 3 is 2.16 bits per heavy atom. The van der Waals surface area contributed by atoms with Crippen LogP contribution < -0.4 is 5.32 Å². The highest BCUT2D eigenvalue weighted by atomic mass is 32.2. The number of amides is 2. The molecular formula is C26H34N2O2S. The minimum Gasteiger partial charge on any atom is -0.352 e. The minimum absolute atomic E-state index is 0.000396. The van der Waals surface area contributed by atoms with Crippen LogP contribution in [0.5, 0.6) is 0 Å². The molecular weight excluding hydrogens is 404 g/mol. The summed E-state index contributed by atoms with van der Waals surface area (Å²) in [5.41, 5.74) is 3.43. The maximum Gasteiger partial charge on any atom is 0.243 e. The predicted octanol–water partition coefficient (Wildman–Crippen LogP) is 5.26. The zero-order valence-corrected chi connectivity index (χ0v) is 19.7. The van der Waals surface area contributed by atoms with Gasteiger partial charge in [0, 0.05) is 17.5 Å². The second-order valence-electron chi connectivity index (χ2n) is 8.52. The highest BCUT2D eigenvalue weighted by Crippen LogP contribution is 2.22. The largest absolute Gasteiger partial charge is 0.352 e.